The van der Waals surface area contributed by atoms with Crippen LogP contribution in [0.4, 0.5) is 10.5 Å². The standard InChI is InChI=1S/C26H20Cl2N2O4S/c1-16-6-2-3-7-18(16)14-30-25(32)23(35-26(30)33)13-17-10-11-22(20(28)12-17)34-15-24(31)29-21-9-5-4-8-19(21)27/h2-13H,14-15H2,1H3,(H,29,31)/b23-13-. The Kier molecular flexibility index (Phi) is 7.80. The summed E-state index contributed by atoms with van der Waals surface area (Å²) in [5, 5.41) is 3.04. The number of imide groups is 1. The first kappa shape index (κ1) is 24.9. The number of benzene rings is 3. The second-order valence-electron chi connectivity index (χ2n) is 7.70. The zero-order chi connectivity index (χ0) is 24.9. The van der Waals surface area contributed by atoms with Crippen molar-refractivity contribution in [3.63, 3.8) is 0 Å². The van der Waals surface area contributed by atoms with E-state index in [0.717, 1.165) is 22.9 Å². The number of rotatable bonds is 7. The molecule has 9 heteroatoms. The van der Waals surface area contributed by atoms with Gasteiger partial charge in [-0.15, -0.1) is 0 Å². The Bertz CT molecular complexity index is 1340. The van der Waals surface area contributed by atoms with Crippen LogP contribution in [-0.4, -0.2) is 28.6 Å². The van der Waals surface area contributed by atoms with E-state index in [1.54, 1.807) is 48.5 Å². The summed E-state index contributed by atoms with van der Waals surface area (Å²) in [7, 11) is 0. The number of ether oxygens (including phenoxy) is 1. The molecule has 1 aliphatic rings. The molecule has 178 valence electrons. The van der Waals surface area contributed by atoms with E-state index in [1.165, 1.54) is 4.90 Å². The maximum Gasteiger partial charge on any atom is 0.293 e. The van der Waals surface area contributed by atoms with E-state index in [9.17, 15) is 14.4 Å². The fourth-order valence-electron chi connectivity index (χ4n) is 3.36. The number of para-hydroxylation sites is 1. The van der Waals surface area contributed by atoms with Gasteiger partial charge in [0, 0.05) is 0 Å². The van der Waals surface area contributed by atoms with Gasteiger partial charge in [0.2, 0.25) is 0 Å². The van der Waals surface area contributed by atoms with Crippen LogP contribution in [-0.2, 0) is 16.1 Å². The Balaban J connectivity index is 1.40. The van der Waals surface area contributed by atoms with Crippen LogP contribution in [0.3, 0.4) is 0 Å². The van der Waals surface area contributed by atoms with Crippen molar-refractivity contribution in [2.45, 2.75) is 13.5 Å². The molecule has 3 aromatic carbocycles. The molecule has 0 aliphatic carbocycles. The van der Waals surface area contributed by atoms with Gasteiger partial charge in [-0.2, -0.15) is 0 Å². The molecular weight excluding hydrogens is 507 g/mol. The van der Waals surface area contributed by atoms with Crippen molar-refractivity contribution in [3.8, 4) is 5.75 Å². The Labute approximate surface area is 216 Å². The second kappa shape index (κ2) is 11.0. The lowest BCUT2D eigenvalue weighted by molar-refractivity contribution is -0.123. The van der Waals surface area contributed by atoms with E-state index in [-0.39, 0.29) is 35.2 Å². The van der Waals surface area contributed by atoms with Crippen molar-refractivity contribution in [2.24, 2.45) is 0 Å². The molecule has 3 amide bonds. The predicted octanol–water partition coefficient (Wildman–Crippen LogP) is 6.56. The van der Waals surface area contributed by atoms with E-state index in [2.05, 4.69) is 5.32 Å². The van der Waals surface area contributed by atoms with Gasteiger partial charge in [0.05, 0.1) is 27.2 Å². The van der Waals surface area contributed by atoms with Gasteiger partial charge in [0.1, 0.15) is 5.75 Å². The summed E-state index contributed by atoms with van der Waals surface area (Å²) >= 11 is 13.3. The molecule has 35 heavy (non-hydrogen) atoms. The summed E-state index contributed by atoms with van der Waals surface area (Å²) < 4.78 is 5.53. The quantitative estimate of drug-likeness (QED) is 0.353. The average molecular weight is 527 g/mol. The number of nitrogens with one attached hydrogen (secondary N) is 1. The second-order valence-corrected chi connectivity index (χ2v) is 9.51. The van der Waals surface area contributed by atoms with Crippen LogP contribution in [0.15, 0.2) is 71.6 Å². The minimum atomic E-state index is -0.388. The summed E-state index contributed by atoms with van der Waals surface area (Å²) in [4.78, 5) is 39.0. The molecule has 1 N–H and O–H groups in total. The van der Waals surface area contributed by atoms with E-state index >= 15 is 0 Å². The van der Waals surface area contributed by atoms with E-state index in [4.69, 9.17) is 27.9 Å². The molecule has 1 fully saturated rings. The van der Waals surface area contributed by atoms with Crippen LogP contribution in [0.25, 0.3) is 6.08 Å². The van der Waals surface area contributed by atoms with Gasteiger partial charge in [0.25, 0.3) is 17.1 Å². The Morgan fingerprint density at radius 2 is 1.77 bits per heavy atom. The van der Waals surface area contributed by atoms with Crippen LogP contribution >= 0.6 is 35.0 Å². The summed E-state index contributed by atoms with van der Waals surface area (Å²) in [5.74, 6) is -0.428. The first-order valence-electron chi connectivity index (χ1n) is 10.6. The monoisotopic (exact) mass is 526 g/mol. The van der Waals surface area contributed by atoms with Crippen molar-refractivity contribution < 1.29 is 19.1 Å². The van der Waals surface area contributed by atoms with E-state index < -0.39 is 0 Å². The largest absolute Gasteiger partial charge is 0.482 e. The fourth-order valence-corrected chi connectivity index (χ4v) is 4.63. The first-order valence-corrected chi connectivity index (χ1v) is 12.2. The summed E-state index contributed by atoms with van der Waals surface area (Å²) in [5.41, 5.74) is 3.04. The van der Waals surface area contributed by atoms with Crippen LogP contribution in [0, 0.1) is 6.92 Å². The summed E-state index contributed by atoms with van der Waals surface area (Å²) in [6.45, 7) is 1.90. The third-order valence-electron chi connectivity index (χ3n) is 5.22. The lowest BCUT2D eigenvalue weighted by atomic mass is 10.1. The third kappa shape index (κ3) is 6.06. The van der Waals surface area contributed by atoms with Crippen LogP contribution in [0.2, 0.25) is 10.0 Å². The zero-order valence-electron chi connectivity index (χ0n) is 18.6. The van der Waals surface area contributed by atoms with Crippen LogP contribution in [0.1, 0.15) is 16.7 Å². The molecule has 0 saturated carbocycles. The highest BCUT2D eigenvalue weighted by Gasteiger charge is 2.35. The van der Waals surface area contributed by atoms with Gasteiger partial charge < -0.3 is 10.1 Å². The van der Waals surface area contributed by atoms with Crippen molar-refractivity contribution >= 4 is 63.8 Å². The van der Waals surface area contributed by atoms with E-state index in [0.29, 0.717) is 26.9 Å². The van der Waals surface area contributed by atoms with Crippen molar-refractivity contribution in [1.82, 2.24) is 4.90 Å². The van der Waals surface area contributed by atoms with Crippen LogP contribution in [0.5, 0.6) is 5.75 Å². The fraction of sp³-hybridized carbons (Fsp3) is 0.115. The lowest BCUT2D eigenvalue weighted by Crippen LogP contribution is -2.27. The summed E-state index contributed by atoms with van der Waals surface area (Å²) in [6, 6.07) is 19.4. The molecule has 1 aliphatic heterocycles. The summed E-state index contributed by atoms with van der Waals surface area (Å²) in [6.07, 6.45) is 1.61. The van der Waals surface area contributed by atoms with Gasteiger partial charge >= 0.3 is 0 Å². The minimum absolute atomic E-state index is 0.221. The van der Waals surface area contributed by atoms with Gasteiger partial charge in [-0.1, -0.05) is 65.7 Å². The van der Waals surface area contributed by atoms with Gasteiger partial charge in [-0.25, -0.2) is 0 Å². The first-order chi connectivity index (χ1) is 16.8. The van der Waals surface area contributed by atoms with Crippen molar-refractivity contribution in [1.29, 1.82) is 0 Å². The molecule has 6 nitrogen and oxygen atoms in total. The highest BCUT2D eigenvalue weighted by molar-refractivity contribution is 8.18. The predicted molar refractivity (Wildman–Crippen MR) is 140 cm³/mol. The lowest BCUT2D eigenvalue weighted by Gasteiger charge is -2.14. The number of nitrogens with zero attached hydrogens (tertiary/aromatic N) is 1. The molecule has 0 aromatic heterocycles. The Morgan fingerprint density at radius 1 is 1.03 bits per heavy atom. The minimum Gasteiger partial charge on any atom is -0.482 e. The Morgan fingerprint density at radius 3 is 2.51 bits per heavy atom. The number of carbonyl (C=O) groups is 3. The molecule has 0 unspecified atom stereocenters. The maximum atomic E-state index is 12.8. The highest BCUT2D eigenvalue weighted by atomic mass is 35.5. The molecule has 0 radical (unpaired) electrons. The topological polar surface area (TPSA) is 75.7 Å². The van der Waals surface area contributed by atoms with Gasteiger partial charge in [-0.3, -0.25) is 19.3 Å². The normalized spacial score (nSPS) is 14.5. The number of thioether (sulfide) groups is 1. The van der Waals surface area contributed by atoms with Crippen LogP contribution < -0.4 is 10.1 Å². The van der Waals surface area contributed by atoms with Crippen molar-refractivity contribution in [2.75, 3.05) is 11.9 Å². The Hall–Kier alpha value is -3.26. The number of carbonyl (C=O) groups excluding carboxylic acids is 3. The molecule has 1 saturated heterocycles. The SMILES string of the molecule is Cc1ccccc1CN1C(=O)S/C(=C\c2ccc(OCC(=O)Nc3ccccc3Cl)c(Cl)c2)C1=O. The third-order valence-corrected chi connectivity index (χ3v) is 6.76. The van der Waals surface area contributed by atoms with Gasteiger partial charge in [-0.05, 0) is 65.7 Å². The molecular formula is C26H20Cl2N2O4S. The molecule has 4 rings (SSSR count). The van der Waals surface area contributed by atoms with E-state index in [1.807, 2.05) is 31.2 Å². The molecule has 3 aromatic rings. The number of hydrogen-bond donors (Lipinski definition) is 1. The van der Waals surface area contributed by atoms with Crippen molar-refractivity contribution in [3.05, 3.63) is 98.4 Å². The number of anilines is 1. The smallest absolute Gasteiger partial charge is 0.293 e. The highest BCUT2D eigenvalue weighted by Crippen LogP contribution is 2.35. The zero-order valence-corrected chi connectivity index (χ0v) is 20.9. The number of halogens is 2. The average Bonchev–Trinajstić information content (AvgIpc) is 3.08. The molecule has 1 heterocycles. The van der Waals surface area contributed by atoms with Gasteiger partial charge in [0.15, 0.2) is 6.61 Å². The number of hydrogen-bond acceptors (Lipinski definition) is 5. The maximum absolute atomic E-state index is 12.8. The molecule has 0 spiro atoms. The number of aryl methyl sites for hydroxylation is 1. The number of amides is 3. The molecule has 0 atom stereocenters. The molecule has 0 bridgehead atoms.